The van der Waals surface area contributed by atoms with E-state index in [2.05, 4.69) is 5.32 Å². The van der Waals surface area contributed by atoms with Crippen molar-refractivity contribution in [3.63, 3.8) is 0 Å². The summed E-state index contributed by atoms with van der Waals surface area (Å²) in [5.74, 6) is -0.625. The van der Waals surface area contributed by atoms with E-state index < -0.39 is 5.82 Å². The van der Waals surface area contributed by atoms with Crippen LogP contribution >= 0.6 is 0 Å². The molecule has 0 radical (unpaired) electrons. The van der Waals surface area contributed by atoms with Gasteiger partial charge in [-0.05, 0) is 25.1 Å². The molecule has 1 aromatic rings. The van der Waals surface area contributed by atoms with Crippen molar-refractivity contribution in [2.24, 2.45) is 0 Å². The Morgan fingerprint density at radius 2 is 2.24 bits per heavy atom. The normalized spacial score (nSPS) is 9.53. The largest absolute Gasteiger partial charge is 0.365 e. The molecule has 0 atom stereocenters. The van der Waals surface area contributed by atoms with Crippen LogP contribution in [0.4, 0.5) is 10.1 Å². The van der Waals surface area contributed by atoms with Crippen LogP contribution in [0.3, 0.4) is 0 Å². The average Bonchev–Trinajstić information content (AvgIpc) is 2.28. The van der Waals surface area contributed by atoms with Gasteiger partial charge in [0.1, 0.15) is 5.82 Å². The van der Waals surface area contributed by atoms with Gasteiger partial charge in [-0.15, -0.1) is 0 Å². The number of nitrogens with one attached hydrogen (secondary N) is 1. The van der Waals surface area contributed by atoms with Crippen LogP contribution in [0.2, 0.25) is 0 Å². The Bertz CT molecular complexity index is 454. The van der Waals surface area contributed by atoms with Crippen LogP contribution in [-0.2, 0) is 4.79 Å². The molecule has 4 nitrogen and oxygen atoms in total. The molecule has 0 aliphatic heterocycles. The lowest BCUT2D eigenvalue weighted by atomic mass is 10.2. The van der Waals surface area contributed by atoms with Crippen LogP contribution in [0.5, 0.6) is 0 Å². The zero-order valence-electron chi connectivity index (χ0n) is 9.83. The van der Waals surface area contributed by atoms with Crippen molar-refractivity contribution in [2.45, 2.75) is 6.92 Å². The van der Waals surface area contributed by atoms with Gasteiger partial charge >= 0.3 is 0 Å². The molecule has 1 amide bonds. The third-order valence-electron chi connectivity index (χ3n) is 2.21. The van der Waals surface area contributed by atoms with E-state index in [0.717, 1.165) is 6.07 Å². The van der Waals surface area contributed by atoms with E-state index in [4.69, 9.17) is 5.26 Å². The van der Waals surface area contributed by atoms with Crippen LogP contribution in [0.25, 0.3) is 0 Å². The zero-order valence-corrected chi connectivity index (χ0v) is 9.83. The number of nitrogens with zero attached hydrogens (tertiary/aromatic N) is 2. The van der Waals surface area contributed by atoms with Crippen molar-refractivity contribution in [1.82, 2.24) is 5.32 Å². The summed E-state index contributed by atoms with van der Waals surface area (Å²) in [6.45, 7) is 2.51. The number of carbonyl (C=O) groups is 1. The topological polar surface area (TPSA) is 56.1 Å². The Balaban J connectivity index is 2.82. The fraction of sp³-hybridized carbons (Fsp3) is 0.333. The molecule has 5 heteroatoms. The van der Waals surface area contributed by atoms with Crippen molar-refractivity contribution in [1.29, 1.82) is 5.26 Å². The van der Waals surface area contributed by atoms with E-state index in [9.17, 15) is 9.18 Å². The molecule has 0 spiro atoms. The minimum absolute atomic E-state index is 0.127. The predicted molar refractivity (Wildman–Crippen MR) is 63.1 cm³/mol. The number of benzene rings is 1. The highest BCUT2D eigenvalue weighted by Gasteiger charge is 2.08. The van der Waals surface area contributed by atoms with E-state index in [1.54, 1.807) is 18.0 Å². The first-order valence-electron chi connectivity index (χ1n) is 5.25. The predicted octanol–water partition coefficient (Wildman–Crippen LogP) is 1.27. The first-order chi connectivity index (χ1) is 8.06. The van der Waals surface area contributed by atoms with E-state index in [1.165, 1.54) is 6.07 Å². The molecule has 0 heterocycles. The summed E-state index contributed by atoms with van der Waals surface area (Å²) in [7, 11) is 1.67. The smallest absolute Gasteiger partial charge is 0.239 e. The second kappa shape index (κ2) is 5.85. The van der Waals surface area contributed by atoms with Gasteiger partial charge in [0.15, 0.2) is 0 Å². The Labute approximate surface area is 99.7 Å². The van der Waals surface area contributed by atoms with E-state index in [1.807, 2.05) is 13.0 Å². The molecule has 0 aromatic heterocycles. The second-order valence-electron chi connectivity index (χ2n) is 3.62. The van der Waals surface area contributed by atoms with Crippen LogP contribution in [-0.4, -0.2) is 26.0 Å². The number of amides is 1. The second-order valence-corrected chi connectivity index (χ2v) is 3.62. The maximum atomic E-state index is 13.2. The number of likely N-dealkylation sites (N-methyl/N-ethyl adjacent to an activating group) is 2. The quantitative estimate of drug-likeness (QED) is 0.855. The molecule has 0 saturated heterocycles. The average molecular weight is 235 g/mol. The van der Waals surface area contributed by atoms with Crippen molar-refractivity contribution in [3.05, 3.63) is 29.6 Å². The fourth-order valence-corrected chi connectivity index (χ4v) is 1.42. The molecule has 0 bridgehead atoms. The minimum Gasteiger partial charge on any atom is -0.365 e. The summed E-state index contributed by atoms with van der Waals surface area (Å²) < 4.78 is 13.2. The summed E-state index contributed by atoms with van der Waals surface area (Å²) in [4.78, 5) is 12.9. The number of halogens is 1. The highest BCUT2D eigenvalue weighted by Crippen LogP contribution is 2.16. The van der Waals surface area contributed by atoms with Crippen molar-refractivity contribution < 1.29 is 9.18 Å². The highest BCUT2D eigenvalue weighted by atomic mass is 19.1. The Kier molecular flexibility index (Phi) is 4.46. The molecule has 0 aliphatic rings. The number of rotatable bonds is 4. The molecule has 0 saturated carbocycles. The highest BCUT2D eigenvalue weighted by molar-refractivity contribution is 5.81. The molecule has 1 N–H and O–H groups in total. The zero-order chi connectivity index (χ0) is 12.8. The van der Waals surface area contributed by atoms with Crippen LogP contribution in [0.15, 0.2) is 18.2 Å². The van der Waals surface area contributed by atoms with Gasteiger partial charge in [-0.1, -0.05) is 0 Å². The van der Waals surface area contributed by atoms with Crippen molar-refractivity contribution in [2.75, 3.05) is 25.0 Å². The molecular weight excluding hydrogens is 221 g/mol. The number of nitriles is 1. The lowest BCUT2D eigenvalue weighted by molar-refractivity contribution is -0.119. The molecule has 0 aliphatic carbocycles. The van der Waals surface area contributed by atoms with Crippen molar-refractivity contribution in [3.8, 4) is 6.07 Å². The Morgan fingerprint density at radius 1 is 1.53 bits per heavy atom. The van der Waals surface area contributed by atoms with Crippen LogP contribution in [0, 0.1) is 17.1 Å². The van der Waals surface area contributed by atoms with Gasteiger partial charge in [-0.3, -0.25) is 4.79 Å². The monoisotopic (exact) mass is 235 g/mol. The molecule has 1 rings (SSSR count). The number of hydrogen-bond donors (Lipinski definition) is 1. The third kappa shape index (κ3) is 3.76. The van der Waals surface area contributed by atoms with Crippen LogP contribution in [0.1, 0.15) is 12.5 Å². The van der Waals surface area contributed by atoms with Gasteiger partial charge in [0.2, 0.25) is 5.91 Å². The minimum atomic E-state index is -0.484. The number of carbonyl (C=O) groups excluding carboxylic acids is 1. The summed E-state index contributed by atoms with van der Waals surface area (Å²) >= 11 is 0. The number of anilines is 1. The van der Waals surface area contributed by atoms with Crippen molar-refractivity contribution >= 4 is 11.6 Å². The lowest BCUT2D eigenvalue weighted by Gasteiger charge is -2.18. The standard InChI is InChI=1S/C12H14FN3O/c1-3-15-12(17)8-16(2)11-5-9(7-14)4-10(13)6-11/h4-6H,3,8H2,1-2H3,(H,15,17). The Morgan fingerprint density at radius 3 is 2.82 bits per heavy atom. The molecular formula is C12H14FN3O. The maximum Gasteiger partial charge on any atom is 0.239 e. The first kappa shape index (κ1) is 13.0. The Hall–Kier alpha value is -2.09. The molecule has 0 unspecified atom stereocenters. The molecule has 1 aromatic carbocycles. The summed E-state index contributed by atoms with van der Waals surface area (Å²) in [6, 6.07) is 5.87. The summed E-state index contributed by atoms with van der Waals surface area (Å²) in [5.41, 5.74) is 0.746. The fourth-order valence-electron chi connectivity index (χ4n) is 1.42. The van der Waals surface area contributed by atoms with Gasteiger partial charge in [0.25, 0.3) is 0 Å². The van der Waals surface area contributed by atoms with Gasteiger partial charge in [0.05, 0.1) is 18.2 Å². The summed E-state index contributed by atoms with van der Waals surface area (Å²) in [5, 5.41) is 11.4. The first-order valence-corrected chi connectivity index (χ1v) is 5.25. The van der Waals surface area contributed by atoms with Gasteiger partial charge < -0.3 is 10.2 Å². The van der Waals surface area contributed by atoms with Crippen LogP contribution < -0.4 is 10.2 Å². The van der Waals surface area contributed by atoms with E-state index >= 15 is 0 Å². The molecule has 90 valence electrons. The SMILES string of the molecule is CCNC(=O)CN(C)c1cc(F)cc(C#N)c1. The molecule has 17 heavy (non-hydrogen) atoms. The van der Waals surface area contributed by atoms with E-state index in [-0.39, 0.29) is 18.0 Å². The molecule has 0 fully saturated rings. The van der Waals surface area contributed by atoms with Gasteiger partial charge in [0, 0.05) is 19.3 Å². The van der Waals surface area contributed by atoms with Gasteiger partial charge in [-0.25, -0.2) is 4.39 Å². The summed E-state index contributed by atoms with van der Waals surface area (Å²) in [6.07, 6.45) is 0. The lowest BCUT2D eigenvalue weighted by Crippen LogP contribution is -2.35. The maximum absolute atomic E-state index is 13.2. The number of hydrogen-bond acceptors (Lipinski definition) is 3. The van der Waals surface area contributed by atoms with E-state index in [0.29, 0.717) is 12.2 Å². The third-order valence-corrected chi connectivity index (χ3v) is 2.21. The van der Waals surface area contributed by atoms with Gasteiger partial charge in [-0.2, -0.15) is 5.26 Å².